The fourth-order valence-corrected chi connectivity index (χ4v) is 3.02. The fraction of sp³-hybridized carbons (Fsp3) is 0.294. The van der Waals surface area contributed by atoms with Crippen LogP contribution in [0.1, 0.15) is 29.7 Å². The molecule has 1 heterocycles. The van der Waals surface area contributed by atoms with Gasteiger partial charge in [0.15, 0.2) is 0 Å². The lowest BCUT2D eigenvalue weighted by molar-refractivity contribution is -0.374. The zero-order valence-electron chi connectivity index (χ0n) is 12.1. The van der Waals surface area contributed by atoms with Crippen molar-refractivity contribution in [2.24, 2.45) is 0 Å². The van der Waals surface area contributed by atoms with Crippen LogP contribution in [0.25, 0.3) is 11.1 Å². The highest BCUT2D eigenvalue weighted by Crippen LogP contribution is 2.34. The molecule has 0 spiro atoms. The van der Waals surface area contributed by atoms with E-state index >= 15 is 0 Å². The first-order valence-electron chi connectivity index (χ1n) is 7.15. The van der Waals surface area contributed by atoms with Crippen molar-refractivity contribution in [1.29, 1.82) is 5.26 Å². The molecule has 3 rings (SSSR count). The van der Waals surface area contributed by atoms with E-state index in [9.17, 15) is 5.26 Å². The molecule has 0 bridgehead atoms. The molecular weight excluding hydrogens is 262 g/mol. The van der Waals surface area contributed by atoms with Crippen LogP contribution in [0.5, 0.6) is 5.75 Å². The second-order valence-corrected chi connectivity index (χ2v) is 5.29. The number of ether oxygens (including phenoxy) is 1. The third-order valence-corrected chi connectivity index (χ3v) is 4.06. The van der Waals surface area contributed by atoms with Crippen molar-refractivity contribution in [1.82, 2.24) is 0 Å². The molecule has 0 radical (unpaired) electrons. The van der Waals surface area contributed by atoms with E-state index in [0.29, 0.717) is 11.4 Å². The number of hydrogen-bond donors (Lipinski definition) is 1. The van der Waals surface area contributed by atoms with E-state index in [0.717, 1.165) is 42.6 Å². The number of aromatic amines is 1. The van der Waals surface area contributed by atoms with Crippen LogP contribution in [0.15, 0.2) is 24.3 Å². The van der Waals surface area contributed by atoms with Gasteiger partial charge in [0.05, 0.1) is 7.11 Å². The summed E-state index contributed by atoms with van der Waals surface area (Å²) in [6.07, 6.45) is 4.30. The third-order valence-electron chi connectivity index (χ3n) is 4.06. The Morgan fingerprint density at radius 1 is 1.19 bits per heavy atom. The number of methoxy groups -OCH3 is 1. The molecule has 0 atom stereocenters. The van der Waals surface area contributed by atoms with Crippen molar-refractivity contribution < 1.29 is 9.72 Å². The first kappa shape index (κ1) is 13.4. The molecule has 0 aliphatic heterocycles. The van der Waals surface area contributed by atoms with Gasteiger partial charge < -0.3 is 4.74 Å². The SMILES string of the molecule is COc1ccc(-c2c(C#N)c(N)[nH+]c3c2CCCC3)cc1. The van der Waals surface area contributed by atoms with E-state index in [2.05, 4.69) is 11.1 Å². The van der Waals surface area contributed by atoms with Crippen LogP contribution in [0, 0.1) is 11.3 Å². The lowest BCUT2D eigenvalue weighted by Crippen LogP contribution is -2.24. The summed E-state index contributed by atoms with van der Waals surface area (Å²) in [5, 5.41) is 9.49. The number of hydrogen-bond acceptors (Lipinski definition) is 3. The number of rotatable bonds is 2. The number of benzene rings is 1. The molecule has 3 N–H and O–H groups in total. The summed E-state index contributed by atoms with van der Waals surface area (Å²) in [6.45, 7) is 0. The van der Waals surface area contributed by atoms with Gasteiger partial charge in [-0.2, -0.15) is 5.26 Å². The average molecular weight is 280 g/mol. The van der Waals surface area contributed by atoms with Crippen LogP contribution in [0.3, 0.4) is 0 Å². The number of nitriles is 1. The minimum absolute atomic E-state index is 0.462. The number of aryl methyl sites for hydroxylation is 1. The Balaban J connectivity index is 2.23. The number of fused-ring (bicyclic) bond motifs is 1. The molecule has 4 nitrogen and oxygen atoms in total. The number of nitrogen functional groups attached to an aromatic ring is 1. The topological polar surface area (TPSA) is 73.2 Å². The summed E-state index contributed by atoms with van der Waals surface area (Å²) in [7, 11) is 1.65. The lowest BCUT2D eigenvalue weighted by atomic mass is 9.86. The normalized spacial score (nSPS) is 13.3. The highest BCUT2D eigenvalue weighted by atomic mass is 16.5. The second-order valence-electron chi connectivity index (χ2n) is 5.29. The largest absolute Gasteiger partial charge is 0.497 e. The van der Waals surface area contributed by atoms with E-state index in [1.54, 1.807) is 7.11 Å². The first-order chi connectivity index (χ1) is 10.2. The molecule has 106 valence electrons. The zero-order valence-corrected chi connectivity index (χ0v) is 12.1. The Kier molecular flexibility index (Phi) is 3.49. The Labute approximate surface area is 124 Å². The van der Waals surface area contributed by atoms with Crippen molar-refractivity contribution in [3.8, 4) is 22.9 Å². The van der Waals surface area contributed by atoms with Gasteiger partial charge in [-0.05, 0) is 37.0 Å². The van der Waals surface area contributed by atoms with Crippen molar-refractivity contribution in [3.63, 3.8) is 0 Å². The van der Waals surface area contributed by atoms with Gasteiger partial charge in [0.1, 0.15) is 23.1 Å². The predicted molar refractivity (Wildman–Crippen MR) is 80.8 cm³/mol. The molecule has 1 aromatic heterocycles. The number of nitrogens with zero attached hydrogens (tertiary/aromatic N) is 1. The summed E-state index contributed by atoms with van der Waals surface area (Å²) in [6, 6.07) is 10.1. The molecular formula is C17H18N3O+. The van der Waals surface area contributed by atoms with E-state index in [1.165, 1.54) is 11.3 Å². The Hall–Kier alpha value is -2.54. The lowest BCUT2D eigenvalue weighted by Gasteiger charge is -2.18. The molecule has 1 aliphatic rings. The number of anilines is 1. The molecule has 0 saturated heterocycles. The monoisotopic (exact) mass is 280 g/mol. The molecule has 1 aromatic carbocycles. The Bertz CT molecular complexity index is 714. The van der Waals surface area contributed by atoms with Gasteiger partial charge in [0, 0.05) is 17.5 Å². The third kappa shape index (κ3) is 2.31. The molecule has 0 saturated carbocycles. The van der Waals surface area contributed by atoms with Crippen molar-refractivity contribution >= 4 is 5.82 Å². The minimum atomic E-state index is 0.462. The Morgan fingerprint density at radius 2 is 1.90 bits per heavy atom. The number of pyridine rings is 1. The van der Waals surface area contributed by atoms with Gasteiger partial charge in [-0.3, -0.25) is 5.73 Å². The maximum absolute atomic E-state index is 9.49. The van der Waals surface area contributed by atoms with Crippen LogP contribution in [-0.2, 0) is 12.8 Å². The molecule has 4 heteroatoms. The minimum Gasteiger partial charge on any atom is -0.497 e. The van der Waals surface area contributed by atoms with Crippen LogP contribution in [0.4, 0.5) is 5.82 Å². The van der Waals surface area contributed by atoms with Gasteiger partial charge in [-0.1, -0.05) is 12.1 Å². The predicted octanol–water partition coefficient (Wildman–Crippen LogP) is 2.51. The number of H-pyrrole nitrogens is 1. The van der Waals surface area contributed by atoms with E-state index in [4.69, 9.17) is 10.5 Å². The van der Waals surface area contributed by atoms with Gasteiger partial charge in [0.25, 0.3) is 5.82 Å². The van der Waals surface area contributed by atoms with E-state index in [1.807, 2.05) is 24.3 Å². The van der Waals surface area contributed by atoms with Gasteiger partial charge >= 0.3 is 0 Å². The number of nitrogens with one attached hydrogen (secondary N) is 1. The van der Waals surface area contributed by atoms with Gasteiger partial charge in [-0.25, -0.2) is 4.98 Å². The summed E-state index contributed by atoms with van der Waals surface area (Å²) < 4.78 is 5.20. The maximum Gasteiger partial charge on any atom is 0.289 e. The van der Waals surface area contributed by atoms with Gasteiger partial charge in [0.2, 0.25) is 0 Å². The van der Waals surface area contributed by atoms with Crippen molar-refractivity contribution in [3.05, 3.63) is 41.1 Å². The zero-order chi connectivity index (χ0) is 14.8. The summed E-state index contributed by atoms with van der Waals surface area (Å²) in [5.41, 5.74) is 11.0. The van der Waals surface area contributed by atoms with E-state index < -0.39 is 0 Å². The van der Waals surface area contributed by atoms with Crippen molar-refractivity contribution in [2.45, 2.75) is 25.7 Å². The van der Waals surface area contributed by atoms with Gasteiger partial charge in [-0.15, -0.1) is 0 Å². The molecule has 0 amide bonds. The highest BCUT2D eigenvalue weighted by molar-refractivity contribution is 5.78. The fourth-order valence-electron chi connectivity index (χ4n) is 3.02. The molecule has 0 fully saturated rings. The molecule has 2 aromatic rings. The van der Waals surface area contributed by atoms with Crippen LogP contribution in [0.2, 0.25) is 0 Å². The van der Waals surface area contributed by atoms with E-state index in [-0.39, 0.29) is 0 Å². The summed E-state index contributed by atoms with van der Waals surface area (Å²) >= 11 is 0. The van der Waals surface area contributed by atoms with Crippen LogP contribution < -0.4 is 15.5 Å². The molecule has 21 heavy (non-hydrogen) atoms. The average Bonchev–Trinajstić information content (AvgIpc) is 2.53. The number of nitrogens with two attached hydrogens (primary N) is 1. The first-order valence-corrected chi connectivity index (χ1v) is 7.15. The highest BCUT2D eigenvalue weighted by Gasteiger charge is 2.24. The smallest absolute Gasteiger partial charge is 0.289 e. The number of aromatic nitrogens is 1. The van der Waals surface area contributed by atoms with Crippen molar-refractivity contribution in [2.75, 3.05) is 12.8 Å². The quantitative estimate of drug-likeness (QED) is 0.918. The summed E-state index contributed by atoms with van der Waals surface area (Å²) in [5.74, 6) is 1.27. The molecule has 0 unspecified atom stereocenters. The van der Waals surface area contributed by atoms with Crippen LogP contribution in [-0.4, -0.2) is 7.11 Å². The second kappa shape index (κ2) is 5.45. The van der Waals surface area contributed by atoms with Crippen LogP contribution >= 0.6 is 0 Å². The molecule has 1 aliphatic carbocycles. The summed E-state index contributed by atoms with van der Waals surface area (Å²) in [4.78, 5) is 3.21. The standard InChI is InChI=1S/C17H17N3O/c1-21-12-8-6-11(7-9-12)16-13-4-2-3-5-15(13)20-17(19)14(16)10-18/h6-9H,2-5H2,1H3,(H2,19,20)/p+1. The Morgan fingerprint density at radius 3 is 2.57 bits per heavy atom. The maximum atomic E-state index is 9.49.